The number of aliphatic hydroxyl groups is 1. The van der Waals surface area contributed by atoms with E-state index in [0.717, 1.165) is 23.1 Å². The predicted octanol–water partition coefficient (Wildman–Crippen LogP) is 5.30. The summed E-state index contributed by atoms with van der Waals surface area (Å²) in [6.45, 7) is 6.92. The molecule has 0 bridgehead atoms. The van der Waals surface area contributed by atoms with E-state index in [0.29, 0.717) is 58.3 Å². The van der Waals surface area contributed by atoms with Gasteiger partial charge in [0.05, 0.1) is 50.3 Å². The lowest BCUT2D eigenvalue weighted by molar-refractivity contribution is -0.671. The Kier molecular flexibility index (Phi) is 15.3. The molecule has 1 aromatic heterocycles. The van der Waals surface area contributed by atoms with Gasteiger partial charge in [0.1, 0.15) is 13.2 Å². The van der Waals surface area contributed by atoms with Gasteiger partial charge in [-0.1, -0.05) is 43.3 Å². The Hall–Kier alpha value is -2.70. The molecule has 2 aliphatic heterocycles. The van der Waals surface area contributed by atoms with Crippen LogP contribution in [0.25, 0.3) is 12.2 Å². The van der Waals surface area contributed by atoms with Crippen LogP contribution in [-0.2, 0) is 45.0 Å². The number of ether oxygens (including phenoxy) is 7. The van der Waals surface area contributed by atoms with Gasteiger partial charge in [0.25, 0.3) is 0 Å². The summed E-state index contributed by atoms with van der Waals surface area (Å²) in [5.74, 6) is -0.339. The minimum Gasteiger partial charge on any atom is -0.462 e. The van der Waals surface area contributed by atoms with Crippen LogP contribution < -0.4 is 4.57 Å². The van der Waals surface area contributed by atoms with E-state index >= 15 is 0 Å². The summed E-state index contributed by atoms with van der Waals surface area (Å²) >= 11 is 0. The van der Waals surface area contributed by atoms with Crippen molar-refractivity contribution in [3.63, 3.8) is 0 Å². The minimum absolute atomic E-state index is 0.0208. The number of pyridine rings is 1. The molecule has 10 heteroatoms. The Bertz CT molecular complexity index is 1220. The van der Waals surface area contributed by atoms with Gasteiger partial charge < -0.3 is 38.3 Å². The van der Waals surface area contributed by atoms with Crippen LogP contribution in [0.4, 0.5) is 0 Å². The lowest BCUT2D eigenvalue weighted by Gasteiger charge is -2.40. The zero-order valence-corrected chi connectivity index (χ0v) is 28.6. The van der Waals surface area contributed by atoms with E-state index in [9.17, 15) is 9.90 Å². The van der Waals surface area contributed by atoms with Gasteiger partial charge in [0.15, 0.2) is 25.0 Å². The second kappa shape index (κ2) is 19.3. The predicted molar refractivity (Wildman–Crippen MR) is 177 cm³/mol. The number of benzene rings is 1. The van der Waals surface area contributed by atoms with E-state index in [2.05, 4.69) is 55.5 Å². The number of rotatable bonds is 17. The highest BCUT2D eigenvalue weighted by atomic mass is 16.7. The monoisotopic (exact) mass is 656 g/mol. The molecule has 2 saturated heterocycles. The van der Waals surface area contributed by atoms with Crippen LogP contribution in [0.15, 0.2) is 48.8 Å². The van der Waals surface area contributed by atoms with Crippen molar-refractivity contribution in [3.05, 3.63) is 65.5 Å². The number of carbonyl (C=O) groups excluding carboxylic acids is 1. The number of carbonyl (C=O) groups is 1. The molecule has 0 amide bonds. The Morgan fingerprint density at radius 1 is 0.957 bits per heavy atom. The van der Waals surface area contributed by atoms with E-state index in [1.807, 2.05) is 30.9 Å². The third kappa shape index (κ3) is 13.0. The second-order valence-electron chi connectivity index (χ2n) is 12.6. The molecule has 0 spiro atoms. The van der Waals surface area contributed by atoms with Gasteiger partial charge >= 0.3 is 5.97 Å². The topological polar surface area (TPSA) is 106 Å². The van der Waals surface area contributed by atoms with E-state index in [-0.39, 0.29) is 36.5 Å². The summed E-state index contributed by atoms with van der Waals surface area (Å²) in [7, 11) is 3.65. The van der Waals surface area contributed by atoms with Crippen LogP contribution in [0, 0.1) is 0 Å². The quantitative estimate of drug-likeness (QED) is 0.138. The molecule has 0 saturated carbocycles. The van der Waals surface area contributed by atoms with E-state index in [4.69, 9.17) is 33.2 Å². The maximum atomic E-state index is 11.5. The van der Waals surface area contributed by atoms with Crippen molar-refractivity contribution in [1.29, 1.82) is 0 Å². The smallest absolute Gasteiger partial charge is 0.302 e. The summed E-state index contributed by atoms with van der Waals surface area (Å²) in [6.07, 6.45) is 10.0. The number of esters is 1. The molecule has 3 heterocycles. The van der Waals surface area contributed by atoms with Crippen LogP contribution in [0.3, 0.4) is 0 Å². The largest absolute Gasteiger partial charge is 0.462 e. The SMILES string of the molecule is CCC(CC(O)CC1CC(CC2CC(C)OC(c3ccc(/C=C/c4cc[n+](C)cc4)cc3)O2)OC(CCOCCOC)O1)OC(C)=O. The van der Waals surface area contributed by atoms with Gasteiger partial charge in [-0.3, -0.25) is 4.79 Å². The van der Waals surface area contributed by atoms with Crippen molar-refractivity contribution in [1.82, 2.24) is 0 Å². The average Bonchev–Trinajstić information content (AvgIpc) is 3.03. The Morgan fingerprint density at radius 2 is 1.64 bits per heavy atom. The van der Waals surface area contributed by atoms with Crippen molar-refractivity contribution in [2.24, 2.45) is 7.05 Å². The molecule has 0 radical (unpaired) electrons. The van der Waals surface area contributed by atoms with Crippen molar-refractivity contribution in [3.8, 4) is 0 Å². The normalized spacial score (nSPS) is 26.3. The molecule has 1 N–H and O–H groups in total. The first-order chi connectivity index (χ1) is 22.7. The lowest BCUT2D eigenvalue weighted by Crippen LogP contribution is -2.43. The first-order valence-corrected chi connectivity index (χ1v) is 17.0. The summed E-state index contributed by atoms with van der Waals surface area (Å²) in [4.78, 5) is 11.5. The van der Waals surface area contributed by atoms with Gasteiger partial charge in [-0.2, -0.15) is 0 Å². The van der Waals surface area contributed by atoms with Gasteiger partial charge in [-0.25, -0.2) is 4.57 Å². The average molecular weight is 657 g/mol. The Morgan fingerprint density at radius 3 is 2.32 bits per heavy atom. The third-order valence-electron chi connectivity index (χ3n) is 8.48. The second-order valence-corrected chi connectivity index (χ2v) is 12.6. The molecule has 10 nitrogen and oxygen atoms in total. The van der Waals surface area contributed by atoms with Crippen molar-refractivity contribution in [2.45, 2.75) is 115 Å². The molecule has 0 aliphatic carbocycles. The highest BCUT2D eigenvalue weighted by Gasteiger charge is 2.36. The van der Waals surface area contributed by atoms with Crippen LogP contribution in [0.2, 0.25) is 0 Å². The first-order valence-electron chi connectivity index (χ1n) is 17.0. The molecule has 1 aromatic carbocycles. The van der Waals surface area contributed by atoms with Crippen LogP contribution >= 0.6 is 0 Å². The molecule has 8 unspecified atom stereocenters. The first kappa shape index (κ1) is 37.1. The van der Waals surface area contributed by atoms with Crippen LogP contribution in [-0.4, -0.2) is 80.9 Å². The lowest BCUT2D eigenvalue weighted by atomic mass is 9.95. The van der Waals surface area contributed by atoms with Gasteiger partial charge in [-0.05, 0) is 37.3 Å². The molecule has 2 aromatic rings. The zero-order chi connectivity index (χ0) is 33.6. The third-order valence-corrected chi connectivity index (χ3v) is 8.48. The highest BCUT2D eigenvalue weighted by molar-refractivity contribution is 5.69. The van der Waals surface area contributed by atoms with Crippen molar-refractivity contribution in [2.75, 3.05) is 26.9 Å². The molecule has 2 fully saturated rings. The molecule has 2 aliphatic rings. The fraction of sp³-hybridized carbons (Fsp3) is 0.622. The summed E-state index contributed by atoms with van der Waals surface area (Å²) < 4.78 is 43.5. The van der Waals surface area contributed by atoms with Crippen molar-refractivity contribution < 1.29 is 47.6 Å². The number of aromatic nitrogens is 1. The highest BCUT2D eigenvalue weighted by Crippen LogP contribution is 2.35. The maximum Gasteiger partial charge on any atom is 0.302 e. The minimum atomic E-state index is -0.668. The Labute approximate surface area is 279 Å². The Balaban J connectivity index is 1.35. The van der Waals surface area contributed by atoms with E-state index in [1.165, 1.54) is 6.92 Å². The maximum absolute atomic E-state index is 11.5. The van der Waals surface area contributed by atoms with Gasteiger partial charge in [0.2, 0.25) is 0 Å². The summed E-state index contributed by atoms with van der Waals surface area (Å²) in [5, 5.41) is 10.9. The molecule has 47 heavy (non-hydrogen) atoms. The molecule has 260 valence electrons. The van der Waals surface area contributed by atoms with Crippen LogP contribution in [0.1, 0.15) is 88.7 Å². The summed E-state index contributed by atoms with van der Waals surface area (Å²) in [6, 6.07) is 12.4. The summed E-state index contributed by atoms with van der Waals surface area (Å²) in [5.41, 5.74) is 3.22. The molecular formula is C37H54NO9+. The van der Waals surface area contributed by atoms with Crippen LogP contribution in [0.5, 0.6) is 0 Å². The fourth-order valence-corrected chi connectivity index (χ4v) is 6.05. The molecular weight excluding hydrogens is 602 g/mol. The number of aliphatic hydroxyl groups excluding tert-OH is 1. The number of hydrogen-bond acceptors (Lipinski definition) is 9. The standard InChI is InChI=1S/C37H54NO9/c1-6-32(44-27(3)39)22-31(40)23-34-25-35(46-36(45-34)15-18-42-20-19-41-5)24-33-21-26(2)43-37(47-33)30-11-9-28(10-12-30)7-8-29-13-16-38(4)17-14-29/h7-14,16-17,26,31-37,40H,6,15,18-25H2,1-5H3/q+1/b8-7+. The van der Waals surface area contributed by atoms with Crippen molar-refractivity contribution >= 4 is 18.1 Å². The zero-order valence-electron chi connectivity index (χ0n) is 28.6. The van der Waals surface area contributed by atoms with E-state index < -0.39 is 18.7 Å². The fourth-order valence-electron chi connectivity index (χ4n) is 6.05. The molecule has 8 atom stereocenters. The van der Waals surface area contributed by atoms with E-state index in [1.54, 1.807) is 7.11 Å². The number of aryl methyl sites for hydroxylation is 1. The number of hydrogen-bond donors (Lipinski definition) is 1. The number of methoxy groups -OCH3 is 1. The molecule has 4 rings (SSSR count). The number of nitrogens with zero attached hydrogens (tertiary/aromatic N) is 1. The van der Waals surface area contributed by atoms with Gasteiger partial charge in [0, 0.05) is 57.4 Å². The van der Waals surface area contributed by atoms with Gasteiger partial charge in [-0.15, -0.1) is 0 Å².